The zero-order valence-electron chi connectivity index (χ0n) is 17.5. The summed E-state index contributed by atoms with van der Waals surface area (Å²) in [6.07, 6.45) is 6.42. The number of hydrogen-bond donors (Lipinski definition) is 0. The van der Waals surface area contributed by atoms with E-state index in [1.54, 1.807) is 18.2 Å². The van der Waals surface area contributed by atoms with Crippen molar-refractivity contribution in [3.8, 4) is 5.75 Å². The Morgan fingerprint density at radius 1 is 1.06 bits per heavy atom. The molecule has 5 rings (SSSR count). The highest BCUT2D eigenvalue weighted by Crippen LogP contribution is 2.29. The fourth-order valence-electron chi connectivity index (χ4n) is 4.56. The largest absolute Gasteiger partial charge is 0.484 e. The average molecular weight is 422 g/mol. The van der Waals surface area contributed by atoms with Gasteiger partial charge in [0.25, 0.3) is 5.91 Å². The Balaban J connectivity index is 1.17. The molecule has 3 aromatic rings. The summed E-state index contributed by atoms with van der Waals surface area (Å²) in [5, 5.41) is 9.73. The number of carbonyl (C=O) groups excluding carboxylic acids is 1. The maximum atomic E-state index is 12.7. The third kappa shape index (κ3) is 4.19. The molecule has 0 unspecified atom stereocenters. The van der Waals surface area contributed by atoms with Gasteiger partial charge in [-0.15, -0.1) is 10.2 Å². The Hall–Kier alpha value is -3.16. The summed E-state index contributed by atoms with van der Waals surface area (Å²) in [5.74, 6) is 3.04. The van der Waals surface area contributed by atoms with Crippen LogP contribution in [0.25, 0.3) is 11.0 Å². The second-order valence-corrected chi connectivity index (χ2v) is 8.33. The zero-order chi connectivity index (χ0) is 21.2. The van der Waals surface area contributed by atoms with Gasteiger partial charge in [-0.2, -0.15) is 0 Å². The van der Waals surface area contributed by atoms with Crippen LogP contribution in [-0.4, -0.2) is 45.3 Å². The number of ether oxygens (including phenoxy) is 1. The van der Waals surface area contributed by atoms with Gasteiger partial charge in [-0.1, -0.05) is 6.42 Å². The minimum atomic E-state index is -0.409. The minimum Gasteiger partial charge on any atom is -0.484 e. The highest BCUT2D eigenvalue weighted by Gasteiger charge is 2.28. The first kappa shape index (κ1) is 19.8. The molecule has 8 nitrogen and oxygen atoms in total. The van der Waals surface area contributed by atoms with Crippen LogP contribution in [0.3, 0.4) is 0 Å². The van der Waals surface area contributed by atoms with Crippen molar-refractivity contribution in [2.45, 2.75) is 51.0 Å². The van der Waals surface area contributed by atoms with Crippen LogP contribution in [0.2, 0.25) is 0 Å². The molecule has 4 heterocycles. The van der Waals surface area contributed by atoms with Crippen LogP contribution in [0, 0.1) is 0 Å². The topological polar surface area (TPSA) is 90.5 Å². The quantitative estimate of drug-likeness (QED) is 0.601. The van der Waals surface area contributed by atoms with E-state index in [0.29, 0.717) is 30.3 Å². The predicted octanol–water partition coefficient (Wildman–Crippen LogP) is 2.90. The molecule has 0 aliphatic carbocycles. The van der Waals surface area contributed by atoms with E-state index in [1.807, 2.05) is 11.0 Å². The zero-order valence-corrected chi connectivity index (χ0v) is 17.5. The van der Waals surface area contributed by atoms with Crippen molar-refractivity contribution in [1.82, 2.24) is 19.7 Å². The molecule has 0 radical (unpaired) electrons. The van der Waals surface area contributed by atoms with Gasteiger partial charge < -0.3 is 18.6 Å². The Kier molecular flexibility index (Phi) is 5.44. The van der Waals surface area contributed by atoms with E-state index in [2.05, 4.69) is 14.8 Å². The van der Waals surface area contributed by atoms with E-state index in [1.165, 1.54) is 25.3 Å². The number of hydrogen-bond acceptors (Lipinski definition) is 6. The number of carbonyl (C=O) groups is 1. The highest BCUT2D eigenvalue weighted by molar-refractivity contribution is 5.79. The van der Waals surface area contributed by atoms with Gasteiger partial charge in [0.2, 0.25) is 0 Å². The second kappa shape index (κ2) is 8.53. The van der Waals surface area contributed by atoms with E-state index >= 15 is 0 Å². The smallest absolute Gasteiger partial charge is 0.336 e. The van der Waals surface area contributed by atoms with E-state index in [4.69, 9.17) is 9.15 Å². The SMILES string of the molecule is O=C(COc1ccc2ccc(=O)oc2c1)N1CCC(c2nnc3n2CCCCC3)CC1. The van der Waals surface area contributed by atoms with Gasteiger partial charge in [0.1, 0.15) is 23.0 Å². The molecule has 162 valence electrons. The van der Waals surface area contributed by atoms with Gasteiger partial charge in [-0.25, -0.2) is 4.79 Å². The Morgan fingerprint density at radius 3 is 2.77 bits per heavy atom. The highest BCUT2D eigenvalue weighted by atomic mass is 16.5. The Morgan fingerprint density at radius 2 is 1.90 bits per heavy atom. The normalized spacial score (nSPS) is 17.4. The molecular formula is C23H26N4O4. The van der Waals surface area contributed by atoms with Crippen LogP contribution in [0.4, 0.5) is 0 Å². The Labute approximate surface area is 179 Å². The van der Waals surface area contributed by atoms with Crippen molar-refractivity contribution in [3.63, 3.8) is 0 Å². The van der Waals surface area contributed by atoms with Crippen LogP contribution in [-0.2, 0) is 17.8 Å². The molecule has 1 fully saturated rings. The molecule has 8 heteroatoms. The number of aromatic nitrogens is 3. The van der Waals surface area contributed by atoms with Gasteiger partial charge in [0.15, 0.2) is 6.61 Å². The monoisotopic (exact) mass is 422 g/mol. The van der Waals surface area contributed by atoms with Crippen LogP contribution >= 0.6 is 0 Å². The van der Waals surface area contributed by atoms with Crippen LogP contribution < -0.4 is 10.4 Å². The average Bonchev–Trinajstić information content (AvgIpc) is 3.05. The molecule has 1 saturated heterocycles. The maximum absolute atomic E-state index is 12.7. The molecule has 0 saturated carbocycles. The number of aryl methyl sites for hydroxylation is 1. The number of amides is 1. The molecule has 1 amide bonds. The number of likely N-dealkylation sites (tertiary alicyclic amines) is 1. The van der Waals surface area contributed by atoms with E-state index in [9.17, 15) is 9.59 Å². The molecule has 2 aromatic heterocycles. The lowest BCUT2D eigenvalue weighted by Crippen LogP contribution is -2.40. The molecule has 0 bridgehead atoms. The number of benzene rings is 1. The summed E-state index contributed by atoms with van der Waals surface area (Å²) >= 11 is 0. The van der Waals surface area contributed by atoms with Crippen molar-refractivity contribution in [3.05, 3.63) is 52.4 Å². The maximum Gasteiger partial charge on any atom is 0.336 e. The van der Waals surface area contributed by atoms with Crippen molar-refractivity contribution in [2.24, 2.45) is 0 Å². The third-order valence-corrected chi connectivity index (χ3v) is 6.31. The van der Waals surface area contributed by atoms with Gasteiger partial charge in [0.05, 0.1) is 0 Å². The van der Waals surface area contributed by atoms with Gasteiger partial charge in [0, 0.05) is 49.5 Å². The summed E-state index contributed by atoms with van der Waals surface area (Å²) in [7, 11) is 0. The fraction of sp³-hybridized carbons (Fsp3) is 0.478. The first-order valence-electron chi connectivity index (χ1n) is 11.0. The predicted molar refractivity (Wildman–Crippen MR) is 114 cm³/mol. The van der Waals surface area contributed by atoms with E-state index < -0.39 is 5.63 Å². The van der Waals surface area contributed by atoms with Crippen molar-refractivity contribution in [2.75, 3.05) is 19.7 Å². The lowest BCUT2D eigenvalue weighted by Gasteiger charge is -2.31. The first-order valence-corrected chi connectivity index (χ1v) is 11.0. The molecule has 0 N–H and O–H groups in total. The number of piperidine rings is 1. The summed E-state index contributed by atoms with van der Waals surface area (Å²) in [6, 6.07) is 8.32. The van der Waals surface area contributed by atoms with Crippen LogP contribution in [0.5, 0.6) is 5.75 Å². The molecule has 1 aromatic carbocycles. The number of fused-ring (bicyclic) bond motifs is 2. The lowest BCUT2D eigenvalue weighted by molar-refractivity contribution is -0.134. The molecule has 2 aliphatic heterocycles. The molecule has 0 atom stereocenters. The molecular weight excluding hydrogens is 396 g/mol. The van der Waals surface area contributed by atoms with Crippen LogP contribution in [0.15, 0.2) is 39.5 Å². The van der Waals surface area contributed by atoms with Crippen molar-refractivity contribution < 1.29 is 13.9 Å². The third-order valence-electron chi connectivity index (χ3n) is 6.31. The summed E-state index contributed by atoms with van der Waals surface area (Å²) in [5.41, 5.74) is 0.0406. The second-order valence-electron chi connectivity index (χ2n) is 8.33. The van der Waals surface area contributed by atoms with Crippen molar-refractivity contribution in [1.29, 1.82) is 0 Å². The van der Waals surface area contributed by atoms with E-state index in [0.717, 1.165) is 42.8 Å². The van der Waals surface area contributed by atoms with Gasteiger partial charge in [-0.05, 0) is 43.9 Å². The summed E-state index contributed by atoms with van der Waals surface area (Å²) in [4.78, 5) is 25.9. The Bertz CT molecular complexity index is 1140. The van der Waals surface area contributed by atoms with E-state index in [-0.39, 0.29) is 12.5 Å². The summed E-state index contributed by atoms with van der Waals surface area (Å²) < 4.78 is 13.2. The van der Waals surface area contributed by atoms with Crippen LogP contribution in [0.1, 0.15) is 49.7 Å². The first-order chi connectivity index (χ1) is 15.2. The lowest BCUT2D eigenvalue weighted by atomic mass is 9.95. The molecule has 2 aliphatic rings. The van der Waals surface area contributed by atoms with Gasteiger partial charge >= 0.3 is 5.63 Å². The van der Waals surface area contributed by atoms with Gasteiger partial charge in [-0.3, -0.25) is 4.79 Å². The summed E-state index contributed by atoms with van der Waals surface area (Å²) in [6.45, 7) is 2.37. The standard InChI is InChI=1S/C23H26N4O4/c28-21(15-30-18-7-5-16-6-8-22(29)31-19(16)14-18)26-12-9-17(10-13-26)23-25-24-20-4-2-1-3-11-27(20)23/h5-8,14,17H,1-4,9-13,15H2. The number of nitrogens with zero attached hydrogens (tertiary/aromatic N) is 4. The number of rotatable bonds is 4. The minimum absolute atomic E-state index is 0.0341. The fourth-order valence-corrected chi connectivity index (χ4v) is 4.56. The molecule has 0 spiro atoms. The van der Waals surface area contributed by atoms with Crippen molar-refractivity contribution >= 4 is 16.9 Å². The molecule has 31 heavy (non-hydrogen) atoms.